The molecule has 0 unspecified atom stereocenters. The largest absolute Gasteiger partial charge is 0.496 e. The summed E-state index contributed by atoms with van der Waals surface area (Å²) in [6, 6.07) is 22.8. The Kier molecular flexibility index (Phi) is 8.66. The van der Waals surface area contributed by atoms with Gasteiger partial charge in [-0.15, -0.1) is 0 Å². The van der Waals surface area contributed by atoms with Crippen molar-refractivity contribution >= 4 is 51.3 Å². The third kappa shape index (κ3) is 6.26. The normalized spacial score (nSPS) is 11.3. The zero-order chi connectivity index (χ0) is 32.2. The van der Waals surface area contributed by atoms with E-state index in [1.54, 1.807) is 74.7 Å². The second kappa shape index (κ2) is 13.1. The van der Waals surface area contributed by atoms with Gasteiger partial charge in [0.25, 0.3) is 11.5 Å². The molecule has 0 atom stereocenters. The van der Waals surface area contributed by atoms with E-state index in [2.05, 4.69) is 10.4 Å². The summed E-state index contributed by atoms with van der Waals surface area (Å²) < 4.78 is 37.6. The summed E-state index contributed by atoms with van der Waals surface area (Å²) in [5.41, 5.74) is 1.38. The highest BCUT2D eigenvalue weighted by Gasteiger charge is 2.19. The SMILES string of the molecule is CCOc1cc(C=Nn2c(-c3cc4c(OC)cccc4o3)nc3ccccc3c2=O)cc(Cl)c1OCC(=O)Nc1cccc(F)c1. The van der Waals surface area contributed by atoms with Gasteiger partial charge in [0.2, 0.25) is 5.82 Å². The van der Waals surface area contributed by atoms with Gasteiger partial charge >= 0.3 is 0 Å². The van der Waals surface area contributed by atoms with Crippen molar-refractivity contribution in [1.29, 1.82) is 0 Å². The number of methoxy groups -OCH3 is 1. The average Bonchev–Trinajstić information content (AvgIpc) is 3.49. The van der Waals surface area contributed by atoms with Crippen LogP contribution in [0.2, 0.25) is 5.02 Å². The fourth-order valence-electron chi connectivity index (χ4n) is 4.80. The van der Waals surface area contributed by atoms with Crippen LogP contribution in [0.3, 0.4) is 0 Å². The lowest BCUT2D eigenvalue weighted by Crippen LogP contribution is -2.20. The minimum Gasteiger partial charge on any atom is -0.496 e. The van der Waals surface area contributed by atoms with Crippen LogP contribution in [0, 0.1) is 5.82 Å². The molecular weight excluding hydrogens is 615 g/mol. The van der Waals surface area contributed by atoms with Gasteiger partial charge in [-0.3, -0.25) is 9.59 Å². The first-order valence-electron chi connectivity index (χ1n) is 14.1. The van der Waals surface area contributed by atoms with Gasteiger partial charge < -0.3 is 23.9 Å². The number of fused-ring (bicyclic) bond motifs is 2. The Balaban J connectivity index is 1.34. The van der Waals surface area contributed by atoms with E-state index < -0.39 is 23.9 Å². The summed E-state index contributed by atoms with van der Waals surface area (Å²) >= 11 is 6.57. The smallest absolute Gasteiger partial charge is 0.282 e. The molecule has 0 fully saturated rings. The van der Waals surface area contributed by atoms with E-state index in [1.807, 2.05) is 6.07 Å². The van der Waals surface area contributed by atoms with Crippen molar-refractivity contribution in [3.63, 3.8) is 0 Å². The average molecular weight is 641 g/mol. The Morgan fingerprint density at radius 1 is 1.02 bits per heavy atom. The molecule has 6 aromatic rings. The van der Waals surface area contributed by atoms with E-state index in [9.17, 15) is 14.0 Å². The summed E-state index contributed by atoms with van der Waals surface area (Å²) in [4.78, 5) is 30.8. The van der Waals surface area contributed by atoms with E-state index in [4.69, 9.17) is 35.2 Å². The Morgan fingerprint density at radius 2 is 1.85 bits per heavy atom. The number of furan rings is 1. The second-order valence-electron chi connectivity index (χ2n) is 9.91. The molecule has 1 N–H and O–H groups in total. The summed E-state index contributed by atoms with van der Waals surface area (Å²) in [5, 5.41) is 8.27. The number of nitrogens with one attached hydrogen (secondary N) is 1. The van der Waals surface area contributed by atoms with Crippen molar-refractivity contribution < 1.29 is 27.8 Å². The first-order chi connectivity index (χ1) is 22.3. The molecule has 0 radical (unpaired) electrons. The maximum atomic E-state index is 13.7. The number of hydrogen-bond acceptors (Lipinski definition) is 8. The van der Waals surface area contributed by atoms with Crippen LogP contribution in [-0.4, -0.2) is 42.1 Å². The quantitative estimate of drug-likeness (QED) is 0.162. The Morgan fingerprint density at radius 3 is 2.65 bits per heavy atom. The molecule has 0 aliphatic carbocycles. The monoisotopic (exact) mass is 640 g/mol. The number of ether oxygens (including phenoxy) is 3. The molecule has 0 spiro atoms. The number of amides is 1. The number of para-hydroxylation sites is 1. The topological polar surface area (TPSA) is 117 Å². The number of hydrogen-bond donors (Lipinski definition) is 1. The van der Waals surface area contributed by atoms with Gasteiger partial charge in [0.05, 0.1) is 41.2 Å². The zero-order valence-corrected chi connectivity index (χ0v) is 25.4. The Labute approximate surface area is 266 Å². The Hall–Kier alpha value is -5.68. The van der Waals surface area contributed by atoms with Crippen LogP contribution in [0.4, 0.5) is 10.1 Å². The summed E-state index contributed by atoms with van der Waals surface area (Å²) in [6.45, 7) is 1.65. The second-order valence-corrected chi connectivity index (χ2v) is 10.3. The van der Waals surface area contributed by atoms with Crippen molar-refractivity contribution in [3.05, 3.63) is 112 Å². The van der Waals surface area contributed by atoms with Crippen molar-refractivity contribution in [2.24, 2.45) is 5.10 Å². The third-order valence-electron chi connectivity index (χ3n) is 6.83. The predicted octanol–water partition coefficient (Wildman–Crippen LogP) is 6.91. The molecule has 0 saturated carbocycles. The molecule has 2 heterocycles. The van der Waals surface area contributed by atoms with Crippen molar-refractivity contribution in [2.45, 2.75) is 6.92 Å². The fourth-order valence-corrected chi connectivity index (χ4v) is 5.08. The molecule has 12 heteroatoms. The molecule has 0 bridgehead atoms. The van der Waals surface area contributed by atoms with Crippen LogP contribution >= 0.6 is 11.6 Å². The molecule has 0 aliphatic heterocycles. The number of aromatic nitrogens is 2. The first kappa shape index (κ1) is 30.4. The van der Waals surface area contributed by atoms with E-state index >= 15 is 0 Å². The van der Waals surface area contributed by atoms with Gasteiger partial charge in [0.1, 0.15) is 17.1 Å². The molecule has 1 amide bonds. The minimum absolute atomic E-state index is 0.136. The van der Waals surface area contributed by atoms with Gasteiger partial charge in [0.15, 0.2) is 23.9 Å². The van der Waals surface area contributed by atoms with E-state index in [1.165, 1.54) is 24.4 Å². The lowest BCUT2D eigenvalue weighted by Gasteiger charge is -2.14. The number of halogens is 2. The van der Waals surface area contributed by atoms with E-state index in [0.29, 0.717) is 38.9 Å². The molecule has 6 rings (SSSR count). The maximum absolute atomic E-state index is 13.7. The van der Waals surface area contributed by atoms with Crippen LogP contribution in [0.15, 0.2) is 99.2 Å². The minimum atomic E-state index is -0.520. The molecule has 46 heavy (non-hydrogen) atoms. The number of nitrogens with zero attached hydrogens (tertiary/aromatic N) is 3. The summed E-state index contributed by atoms with van der Waals surface area (Å²) in [7, 11) is 1.57. The van der Waals surface area contributed by atoms with Crippen LogP contribution in [0.1, 0.15) is 12.5 Å². The summed E-state index contributed by atoms with van der Waals surface area (Å²) in [5.74, 6) is 0.488. The maximum Gasteiger partial charge on any atom is 0.282 e. The molecule has 4 aromatic carbocycles. The van der Waals surface area contributed by atoms with Gasteiger partial charge in [-0.1, -0.05) is 35.9 Å². The van der Waals surface area contributed by atoms with Crippen molar-refractivity contribution in [2.75, 3.05) is 25.6 Å². The lowest BCUT2D eigenvalue weighted by atomic mass is 10.2. The van der Waals surface area contributed by atoms with Crippen LogP contribution < -0.4 is 25.1 Å². The van der Waals surface area contributed by atoms with Gasteiger partial charge in [-0.25, -0.2) is 9.37 Å². The highest BCUT2D eigenvalue weighted by Crippen LogP contribution is 2.37. The Bertz CT molecular complexity index is 2180. The highest BCUT2D eigenvalue weighted by atomic mass is 35.5. The molecule has 0 saturated heterocycles. The van der Waals surface area contributed by atoms with Crippen LogP contribution in [-0.2, 0) is 4.79 Å². The lowest BCUT2D eigenvalue weighted by molar-refractivity contribution is -0.118. The molecule has 10 nitrogen and oxygen atoms in total. The first-order valence-corrected chi connectivity index (χ1v) is 14.5. The number of carbonyl (C=O) groups is 1. The highest BCUT2D eigenvalue weighted by molar-refractivity contribution is 6.32. The number of benzene rings is 4. The van der Waals surface area contributed by atoms with E-state index in [-0.39, 0.29) is 34.6 Å². The molecule has 0 aliphatic rings. The predicted molar refractivity (Wildman–Crippen MR) is 174 cm³/mol. The number of rotatable bonds is 10. The van der Waals surface area contributed by atoms with Crippen molar-refractivity contribution in [1.82, 2.24) is 9.66 Å². The van der Waals surface area contributed by atoms with Gasteiger partial charge in [-0.05, 0) is 73.2 Å². The molecule has 2 aromatic heterocycles. The molecular formula is C34H26ClFN4O6. The van der Waals surface area contributed by atoms with Crippen molar-refractivity contribution in [3.8, 4) is 28.8 Å². The molecule has 232 valence electrons. The van der Waals surface area contributed by atoms with Crippen LogP contribution in [0.5, 0.6) is 17.2 Å². The van der Waals surface area contributed by atoms with E-state index in [0.717, 1.165) is 4.68 Å². The standard InChI is InChI=1S/C34H26ClFN4O6/c1-3-44-29-15-20(14-25(35)32(29)45-19-31(41)38-22-9-6-8-21(36)16-22)18-37-40-33(39-26-11-5-4-10-23(26)34(40)42)30-17-24-27(43-2)12-7-13-28(24)46-30/h4-18H,3,19H2,1-2H3,(H,38,41). The fraction of sp³-hybridized carbons (Fsp3) is 0.118. The van der Waals surface area contributed by atoms with Gasteiger partial charge in [-0.2, -0.15) is 9.78 Å². The summed E-state index contributed by atoms with van der Waals surface area (Å²) in [6.07, 6.45) is 1.43. The van der Waals surface area contributed by atoms with Crippen LogP contribution in [0.25, 0.3) is 33.5 Å². The third-order valence-corrected chi connectivity index (χ3v) is 7.11. The zero-order valence-electron chi connectivity index (χ0n) is 24.6. The number of carbonyl (C=O) groups excluding carboxylic acids is 1. The van der Waals surface area contributed by atoms with Gasteiger partial charge in [0, 0.05) is 5.69 Å². The number of anilines is 1.